The smallest absolute Gasteiger partial charge is 0.256 e. The number of aliphatic hydroxyl groups is 1. The number of likely N-dealkylation sites (tertiary alicyclic amines) is 1. The van der Waals surface area contributed by atoms with Crippen LogP contribution in [0.4, 0.5) is 0 Å². The number of para-hydroxylation sites is 1. The van der Waals surface area contributed by atoms with Crippen molar-refractivity contribution in [3.8, 4) is 11.5 Å². The van der Waals surface area contributed by atoms with Crippen molar-refractivity contribution in [1.29, 1.82) is 0 Å². The zero-order valence-corrected chi connectivity index (χ0v) is 16.3. The minimum Gasteiger partial charge on any atom is -0.493 e. The molecule has 2 fully saturated rings. The van der Waals surface area contributed by atoms with Crippen LogP contribution in [0.1, 0.15) is 31.2 Å². The number of carbonyl (C=O) groups is 1. The molecule has 0 spiro atoms. The van der Waals surface area contributed by atoms with E-state index in [9.17, 15) is 9.90 Å². The Morgan fingerprint density at radius 1 is 1.30 bits per heavy atom. The molecule has 7 heteroatoms. The van der Waals surface area contributed by atoms with E-state index in [2.05, 4.69) is 10.6 Å². The van der Waals surface area contributed by atoms with Gasteiger partial charge < -0.3 is 30.1 Å². The highest BCUT2D eigenvalue weighted by Crippen LogP contribution is 2.33. The summed E-state index contributed by atoms with van der Waals surface area (Å²) in [4.78, 5) is 14.8. The van der Waals surface area contributed by atoms with Crippen molar-refractivity contribution in [3.63, 3.8) is 0 Å². The van der Waals surface area contributed by atoms with E-state index < -0.39 is 5.60 Å². The average molecular weight is 377 g/mol. The van der Waals surface area contributed by atoms with Gasteiger partial charge in [0.1, 0.15) is 0 Å². The first-order valence-corrected chi connectivity index (χ1v) is 9.73. The molecule has 0 aliphatic carbocycles. The molecule has 1 aromatic carbocycles. The summed E-state index contributed by atoms with van der Waals surface area (Å²) < 4.78 is 10.8. The van der Waals surface area contributed by atoms with E-state index in [4.69, 9.17) is 9.47 Å². The molecule has 0 aromatic heterocycles. The van der Waals surface area contributed by atoms with Crippen molar-refractivity contribution in [3.05, 3.63) is 23.8 Å². The van der Waals surface area contributed by atoms with Gasteiger partial charge in [-0.2, -0.15) is 0 Å². The summed E-state index contributed by atoms with van der Waals surface area (Å²) >= 11 is 0. The van der Waals surface area contributed by atoms with Crippen molar-refractivity contribution < 1.29 is 19.4 Å². The van der Waals surface area contributed by atoms with E-state index in [1.807, 2.05) is 18.2 Å². The van der Waals surface area contributed by atoms with Gasteiger partial charge in [-0.05, 0) is 44.8 Å². The van der Waals surface area contributed by atoms with Crippen molar-refractivity contribution in [2.75, 3.05) is 40.4 Å². The van der Waals surface area contributed by atoms with E-state index in [0.717, 1.165) is 37.9 Å². The largest absolute Gasteiger partial charge is 0.493 e. The average Bonchev–Trinajstić information content (AvgIpc) is 2.70. The first-order chi connectivity index (χ1) is 13.1. The quantitative estimate of drug-likeness (QED) is 0.655. The predicted octanol–water partition coefficient (Wildman–Crippen LogP) is 0.899. The Hall–Kier alpha value is -1.83. The van der Waals surface area contributed by atoms with E-state index in [1.165, 1.54) is 0 Å². The first-order valence-electron chi connectivity index (χ1n) is 9.73. The maximum atomic E-state index is 13.0. The topological polar surface area (TPSA) is 83.1 Å². The molecule has 1 aromatic rings. The van der Waals surface area contributed by atoms with Crippen LogP contribution in [0.5, 0.6) is 11.5 Å². The fraction of sp³-hybridized carbons (Fsp3) is 0.650. The fourth-order valence-electron chi connectivity index (χ4n) is 4.00. The highest BCUT2D eigenvalue weighted by molar-refractivity contribution is 5.86. The molecule has 2 saturated heterocycles. The number of piperidine rings is 2. The van der Waals surface area contributed by atoms with Crippen LogP contribution in [0.2, 0.25) is 0 Å². The minimum absolute atomic E-state index is 0.208. The SMILES string of the molecule is COc1cccc(CN2CCC[C@@](O)(CNC3CCNCC3)C2=O)c1OC. The van der Waals surface area contributed by atoms with Crippen LogP contribution >= 0.6 is 0 Å². The summed E-state index contributed by atoms with van der Waals surface area (Å²) in [7, 11) is 3.19. The van der Waals surface area contributed by atoms with E-state index in [-0.39, 0.29) is 5.91 Å². The molecule has 2 heterocycles. The molecule has 0 bridgehead atoms. The Bertz CT molecular complexity index is 648. The Balaban J connectivity index is 1.67. The van der Waals surface area contributed by atoms with E-state index in [1.54, 1.807) is 19.1 Å². The van der Waals surface area contributed by atoms with Gasteiger partial charge in [0.25, 0.3) is 5.91 Å². The molecule has 1 atom stereocenters. The normalized spacial score (nSPS) is 24.1. The Labute approximate surface area is 161 Å². The van der Waals surface area contributed by atoms with Gasteiger partial charge in [0, 0.05) is 31.2 Å². The summed E-state index contributed by atoms with van der Waals surface area (Å²) in [6.07, 6.45) is 3.32. The Morgan fingerprint density at radius 2 is 2.07 bits per heavy atom. The third-order valence-electron chi connectivity index (χ3n) is 5.57. The molecule has 150 valence electrons. The van der Waals surface area contributed by atoms with Crippen LogP contribution in [0.3, 0.4) is 0 Å². The lowest BCUT2D eigenvalue weighted by Gasteiger charge is -2.39. The lowest BCUT2D eigenvalue weighted by atomic mass is 9.90. The van der Waals surface area contributed by atoms with Crippen molar-refractivity contribution in [2.45, 2.75) is 43.9 Å². The number of carbonyl (C=O) groups excluding carboxylic acids is 1. The van der Waals surface area contributed by atoms with Crippen LogP contribution in [-0.2, 0) is 11.3 Å². The third-order valence-corrected chi connectivity index (χ3v) is 5.57. The van der Waals surface area contributed by atoms with Gasteiger partial charge >= 0.3 is 0 Å². The first kappa shape index (κ1) is 19.9. The highest BCUT2D eigenvalue weighted by atomic mass is 16.5. The van der Waals surface area contributed by atoms with Gasteiger partial charge in [-0.25, -0.2) is 0 Å². The summed E-state index contributed by atoms with van der Waals surface area (Å²) in [5.41, 5.74) is -0.462. The number of benzene rings is 1. The Morgan fingerprint density at radius 3 is 2.78 bits per heavy atom. The molecule has 3 N–H and O–H groups in total. The van der Waals surface area contributed by atoms with Crippen LogP contribution in [0.15, 0.2) is 18.2 Å². The van der Waals surface area contributed by atoms with Gasteiger partial charge in [0.05, 0.1) is 14.2 Å². The Kier molecular flexibility index (Phi) is 6.57. The van der Waals surface area contributed by atoms with Crippen LogP contribution in [0, 0.1) is 0 Å². The monoisotopic (exact) mass is 377 g/mol. The predicted molar refractivity (Wildman–Crippen MR) is 103 cm³/mol. The molecule has 3 rings (SSSR count). The number of ether oxygens (including phenoxy) is 2. The molecule has 0 unspecified atom stereocenters. The van der Waals surface area contributed by atoms with Crippen molar-refractivity contribution >= 4 is 5.91 Å². The van der Waals surface area contributed by atoms with Gasteiger partial charge in [0.15, 0.2) is 17.1 Å². The number of hydrogen-bond acceptors (Lipinski definition) is 6. The maximum absolute atomic E-state index is 13.0. The standard InChI is InChI=1S/C20H31N3O4/c1-26-17-6-3-5-15(18(17)27-2)13-23-12-4-9-20(25,19(23)24)14-22-16-7-10-21-11-8-16/h3,5-6,16,21-22,25H,4,7-14H2,1-2H3/t20-/m1/s1. The molecule has 27 heavy (non-hydrogen) atoms. The van der Waals surface area contributed by atoms with Gasteiger partial charge in [-0.15, -0.1) is 0 Å². The van der Waals surface area contributed by atoms with Crippen LogP contribution in [-0.4, -0.2) is 68.0 Å². The number of methoxy groups -OCH3 is 2. The number of amides is 1. The fourth-order valence-corrected chi connectivity index (χ4v) is 4.00. The zero-order valence-electron chi connectivity index (χ0n) is 16.3. The molecule has 0 radical (unpaired) electrons. The maximum Gasteiger partial charge on any atom is 0.256 e. The second-order valence-electron chi connectivity index (χ2n) is 7.42. The second-order valence-corrected chi connectivity index (χ2v) is 7.42. The number of rotatable bonds is 7. The molecule has 2 aliphatic heterocycles. The summed E-state index contributed by atoms with van der Waals surface area (Å²) in [6.45, 7) is 3.30. The summed E-state index contributed by atoms with van der Waals surface area (Å²) in [5, 5.41) is 17.8. The minimum atomic E-state index is -1.34. The van der Waals surface area contributed by atoms with Gasteiger partial charge in [-0.1, -0.05) is 12.1 Å². The lowest BCUT2D eigenvalue weighted by molar-refractivity contribution is -0.157. The number of nitrogens with one attached hydrogen (secondary N) is 2. The third kappa shape index (κ3) is 4.54. The molecule has 7 nitrogen and oxygen atoms in total. The lowest BCUT2D eigenvalue weighted by Crippen LogP contribution is -2.59. The number of hydrogen-bond donors (Lipinski definition) is 3. The summed E-state index contributed by atoms with van der Waals surface area (Å²) in [6, 6.07) is 6.00. The molecular weight excluding hydrogens is 346 g/mol. The second kappa shape index (κ2) is 8.91. The van der Waals surface area contributed by atoms with E-state index in [0.29, 0.717) is 43.6 Å². The zero-order chi connectivity index (χ0) is 19.3. The number of nitrogens with zero attached hydrogens (tertiary/aromatic N) is 1. The van der Waals surface area contributed by atoms with Gasteiger partial charge in [0.2, 0.25) is 0 Å². The molecule has 2 aliphatic rings. The van der Waals surface area contributed by atoms with Crippen LogP contribution in [0.25, 0.3) is 0 Å². The van der Waals surface area contributed by atoms with E-state index >= 15 is 0 Å². The van der Waals surface area contributed by atoms with Crippen LogP contribution < -0.4 is 20.1 Å². The molecule has 0 saturated carbocycles. The highest BCUT2D eigenvalue weighted by Gasteiger charge is 2.42. The van der Waals surface area contributed by atoms with Crippen molar-refractivity contribution in [2.24, 2.45) is 0 Å². The van der Waals surface area contributed by atoms with Gasteiger partial charge in [-0.3, -0.25) is 4.79 Å². The molecular formula is C20H31N3O4. The van der Waals surface area contributed by atoms with Crippen molar-refractivity contribution in [1.82, 2.24) is 15.5 Å². The summed E-state index contributed by atoms with van der Waals surface area (Å²) in [5.74, 6) is 1.07. The molecule has 1 amide bonds.